The molecule has 5 nitrogen and oxygen atoms in total. The second-order valence-electron chi connectivity index (χ2n) is 4.18. The number of anilines is 2. The number of hydrogen-bond donors (Lipinski definition) is 2. The molecule has 1 aromatic heterocycles. The van der Waals surface area contributed by atoms with Gasteiger partial charge in [-0.15, -0.1) is 0 Å². The van der Waals surface area contributed by atoms with Gasteiger partial charge < -0.3 is 15.4 Å². The smallest absolute Gasteiger partial charge is 0.158 e. The van der Waals surface area contributed by atoms with E-state index in [1.54, 1.807) is 7.11 Å². The summed E-state index contributed by atoms with van der Waals surface area (Å²) in [4.78, 5) is 8.72. The Balaban J connectivity index is 2.65. The predicted molar refractivity (Wildman–Crippen MR) is 78.3 cm³/mol. The Hall–Kier alpha value is -1.01. The minimum absolute atomic E-state index is 0.421. The largest absolute Gasteiger partial charge is 0.377 e. The van der Waals surface area contributed by atoms with Crippen LogP contribution in [-0.2, 0) is 11.3 Å². The highest BCUT2D eigenvalue weighted by Gasteiger charge is 2.05. The lowest BCUT2D eigenvalue weighted by atomic mass is 10.2. The second-order valence-corrected chi connectivity index (χ2v) is 5.09. The predicted octanol–water partition coefficient (Wildman–Crippen LogP) is 2.08. The molecule has 0 aromatic carbocycles. The number of rotatable bonds is 8. The highest BCUT2D eigenvalue weighted by atomic mass is 32.2. The first-order chi connectivity index (χ1) is 8.69. The summed E-state index contributed by atoms with van der Waals surface area (Å²) < 4.78 is 5.06. The van der Waals surface area contributed by atoms with E-state index in [-0.39, 0.29) is 0 Å². The highest BCUT2D eigenvalue weighted by Crippen LogP contribution is 2.13. The molecular formula is C12H22N4OS. The van der Waals surface area contributed by atoms with E-state index in [1.165, 1.54) is 0 Å². The van der Waals surface area contributed by atoms with Gasteiger partial charge in [-0.2, -0.15) is 11.8 Å². The van der Waals surface area contributed by atoms with Gasteiger partial charge in [0.1, 0.15) is 18.2 Å². The lowest BCUT2D eigenvalue weighted by Crippen LogP contribution is -2.15. The molecule has 0 amide bonds. The van der Waals surface area contributed by atoms with Crippen LogP contribution in [0, 0.1) is 5.92 Å². The summed E-state index contributed by atoms with van der Waals surface area (Å²) in [5, 5.41) is 6.37. The van der Waals surface area contributed by atoms with Crippen molar-refractivity contribution in [2.45, 2.75) is 13.5 Å². The molecule has 0 aliphatic heterocycles. The van der Waals surface area contributed by atoms with Gasteiger partial charge >= 0.3 is 0 Å². The molecule has 102 valence electrons. The number of thioether (sulfide) groups is 1. The Labute approximate surface area is 113 Å². The zero-order chi connectivity index (χ0) is 13.4. The van der Waals surface area contributed by atoms with E-state index in [2.05, 4.69) is 33.8 Å². The Morgan fingerprint density at radius 3 is 2.72 bits per heavy atom. The second kappa shape index (κ2) is 8.16. The van der Waals surface area contributed by atoms with Crippen molar-refractivity contribution < 1.29 is 4.74 Å². The number of nitrogens with one attached hydrogen (secondary N) is 2. The zero-order valence-corrected chi connectivity index (χ0v) is 12.3. The maximum Gasteiger partial charge on any atom is 0.158 e. The van der Waals surface area contributed by atoms with Crippen molar-refractivity contribution in [2.75, 3.05) is 43.3 Å². The van der Waals surface area contributed by atoms with Crippen LogP contribution in [0.25, 0.3) is 0 Å². The van der Waals surface area contributed by atoms with Gasteiger partial charge in [-0.1, -0.05) is 6.92 Å². The minimum atomic E-state index is 0.421. The van der Waals surface area contributed by atoms with Gasteiger partial charge in [0, 0.05) is 26.8 Å². The van der Waals surface area contributed by atoms with Crippen LogP contribution >= 0.6 is 11.8 Å². The van der Waals surface area contributed by atoms with Crippen LogP contribution in [0.15, 0.2) is 6.07 Å². The fraction of sp³-hybridized carbons (Fsp3) is 0.667. The first-order valence-corrected chi connectivity index (χ1v) is 7.36. The molecule has 1 aromatic rings. The van der Waals surface area contributed by atoms with Crippen LogP contribution < -0.4 is 10.6 Å². The van der Waals surface area contributed by atoms with Gasteiger partial charge in [-0.25, -0.2) is 9.97 Å². The molecular weight excluding hydrogens is 248 g/mol. The topological polar surface area (TPSA) is 59.1 Å². The van der Waals surface area contributed by atoms with Gasteiger partial charge in [0.25, 0.3) is 0 Å². The lowest BCUT2D eigenvalue weighted by Gasteiger charge is -2.13. The van der Waals surface area contributed by atoms with Crippen LogP contribution in [0.2, 0.25) is 0 Å². The van der Waals surface area contributed by atoms with Crippen LogP contribution in [-0.4, -0.2) is 42.7 Å². The molecule has 1 unspecified atom stereocenters. The first-order valence-electron chi connectivity index (χ1n) is 5.97. The Bertz CT molecular complexity index is 362. The SMILES string of the molecule is CNc1cc(NCC(C)CSC)nc(COC)n1. The summed E-state index contributed by atoms with van der Waals surface area (Å²) in [6, 6.07) is 1.91. The number of methoxy groups -OCH3 is 1. The third-order valence-electron chi connectivity index (χ3n) is 2.38. The van der Waals surface area contributed by atoms with Crippen molar-refractivity contribution in [3.05, 3.63) is 11.9 Å². The fourth-order valence-corrected chi connectivity index (χ4v) is 2.22. The Morgan fingerprint density at radius 2 is 2.11 bits per heavy atom. The van der Waals surface area contributed by atoms with Crippen LogP contribution in [0.5, 0.6) is 0 Å². The standard InChI is InChI=1S/C12H22N4OS/c1-9(8-18-4)6-14-11-5-10(13-2)15-12(16-11)7-17-3/h5,9H,6-8H2,1-4H3,(H2,13,14,15,16). The van der Waals surface area contributed by atoms with E-state index in [0.717, 1.165) is 23.9 Å². The number of ether oxygens (including phenoxy) is 1. The van der Waals surface area contributed by atoms with Crippen LogP contribution in [0.4, 0.5) is 11.6 Å². The van der Waals surface area contributed by atoms with Gasteiger partial charge in [-0.3, -0.25) is 0 Å². The number of aromatic nitrogens is 2. The molecule has 0 bridgehead atoms. The van der Waals surface area contributed by atoms with Crippen molar-refractivity contribution in [3.63, 3.8) is 0 Å². The molecule has 2 N–H and O–H groups in total. The summed E-state index contributed by atoms with van der Waals surface area (Å²) in [5.41, 5.74) is 0. The van der Waals surface area contributed by atoms with E-state index in [4.69, 9.17) is 4.74 Å². The third kappa shape index (κ3) is 5.10. The van der Waals surface area contributed by atoms with E-state index in [0.29, 0.717) is 18.3 Å². The van der Waals surface area contributed by atoms with Crippen LogP contribution in [0.1, 0.15) is 12.7 Å². The average Bonchev–Trinajstić information content (AvgIpc) is 2.37. The molecule has 0 spiro atoms. The lowest BCUT2D eigenvalue weighted by molar-refractivity contribution is 0.178. The number of hydrogen-bond acceptors (Lipinski definition) is 6. The number of nitrogens with zero attached hydrogens (tertiary/aromatic N) is 2. The van der Waals surface area contributed by atoms with Crippen LogP contribution in [0.3, 0.4) is 0 Å². The van der Waals surface area contributed by atoms with E-state index in [1.807, 2.05) is 24.9 Å². The maximum atomic E-state index is 5.06. The Kier molecular flexibility index (Phi) is 6.82. The van der Waals surface area contributed by atoms with Gasteiger partial charge in [0.05, 0.1) is 0 Å². The highest BCUT2D eigenvalue weighted by molar-refractivity contribution is 7.98. The molecule has 0 aliphatic rings. The maximum absolute atomic E-state index is 5.06. The average molecular weight is 270 g/mol. The van der Waals surface area contributed by atoms with E-state index < -0.39 is 0 Å². The van der Waals surface area contributed by atoms with Gasteiger partial charge in [0.2, 0.25) is 0 Å². The molecule has 0 radical (unpaired) electrons. The summed E-state index contributed by atoms with van der Waals surface area (Å²) in [5.74, 6) is 4.08. The Morgan fingerprint density at radius 1 is 1.39 bits per heavy atom. The third-order valence-corrected chi connectivity index (χ3v) is 3.29. The molecule has 18 heavy (non-hydrogen) atoms. The summed E-state index contributed by atoms with van der Waals surface area (Å²) in [6.45, 7) is 3.55. The quantitative estimate of drug-likeness (QED) is 0.754. The van der Waals surface area contributed by atoms with Gasteiger partial charge in [-0.05, 0) is 17.9 Å². The molecule has 1 heterocycles. The summed E-state index contributed by atoms with van der Waals surface area (Å²) >= 11 is 1.86. The molecule has 1 rings (SSSR count). The normalized spacial score (nSPS) is 12.2. The molecule has 0 saturated heterocycles. The fourth-order valence-electron chi connectivity index (χ4n) is 1.53. The summed E-state index contributed by atoms with van der Waals surface area (Å²) in [6.07, 6.45) is 2.12. The zero-order valence-electron chi connectivity index (χ0n) is 11.5. The molecule has 1 atom stereocenters. The van der Waals surface area contributed by atoms with E-state index >= 15 is 0 Å². The van der Waals surface area contributed by atoms with Crippen molar-refractivity contribution in [1.29, 1.82) is 0 Å². The molecule has 0 saturated carbocycles. The summed E-state index contributed by atoms with van der Waals surface area (Å²) in [7, 11) is 3.49. The minimum Gasteiger partial charge on any atom is -0.377 e. The monoisotopic (exact) mass is 270 g/mol. The first kappa shape index (κ1) is 15.0. The van der Waals surface area contributed by atoms with Crippen molar-refractivity contribution in [1.82, 2.24) is 9.97 Å². The van der Waals surface area contributed by atoms with Crippen molar-refractivity contribution in [3.8, 4) is 0 Å². The molecule has 0 fully saturated rings. The van der Waals surface area contributed by atoms with Crippen molar-refractivity contribution >= 4 is 23.4 Å². The van der Waals surface area contributed by atoms with E-state index in [9.17, 15) is 0 Å². The molecule has 6 heteroatoms. The molecule has 0 aliphatic carbocycles. The van der Waals surface area contributed by atoms with Crippen molar-refractivity contribution in [2.24, 2.45) is 5.92 Å². The van der Waals surface area contributed by atoms with Gasteiger partial charge in [0.15, 0.2) is 5.82 Å².